The smallest absolute Gasteiger partial charge is 0.166 e. The number of hydrogen-bond donors (Lipinski definition) is 0. The molecule has 3 aromatic rings. The summed E-state index contributed by atoms with van der Waals surface area (Å²) in [6.07, 6.45) is 3.51. The van der Waals surface area contributed by atoms with Gasteiger partial charge in [0, 0.05) is 16.5 Å². The molecule has 0 bridgehead atoms. The number of benzene rings is 1. The lowest BCUT2D eigenvalue weighted by Crippen LogP contribution is -1.67. The van der Waals surface area contributed by atoms with Crippen molar-refractivity contribution in [2.45, 2.75) is 9.99 Å². The summed E-state index contributed by atoms with van der Waals surface area (Å²) in [5.74, 6) is 0. The third-order valence-electron chi connectivity index (χ3n) is 2.26. The molecule has 0 saturated heterocycles. The number of rotatable bonds is 2. The van der Waals surface area contributed by atoms with Crippen molar-refractivity contribution in [2.75, 3.05) is 0 Å². The van der Waals surface area contributed by atoms with E-state index in [0.29, 0.717) is 0 Å². The highest BCUT2D eigenvalue weighted by Gasteiger charge is 2.04. The molecule has 0 fully saturated rings. The Hall–Kier alpha value is -1.74. The van der Waals surface area contributed by atoms with Gasteiger partial charge in [0.15, 0.2) is 10.7 Å². The molecule has 0 aliphatic rings. The molecule has 0 aliphatic heterocycles. The second-order valence-corrected chi connectivity index (χ2v) is 4.47. The van der Waals surface area contributed by atoms with Gasteiger partial charge in [0.2, 0.25) is 0 Å². The zero-order valence-electron chi connectivity index (χ0n) is 8.46. The third kappa shape index (κ3) is 1.82. The van der Waals surface area contributed by atoms with Gasteiger partial charge in [-0.05, 0) is 24.3 Å². The third-order valence-corrected chi connectivity index (χ3v) is 3.17. The number of nitrogens with zero attached hydrogens (tertiary/aromatic N) is 1. The molecule has 0 spiro atoms. The molecule has 0 unspecified atom stereocenters. The quantitative estimate of drug-likeness (QED) is 0.662. The van der Waals surface area contributed by atoms with Crippen LogP contribution in [0.2, 0.25) is 0 Å². The molecular weight excluding hydrogens is 218 g/mol. The van der Waals surface area contributed by atoms with Crippen LogP contribution in [0, 0.1) is 0 Å². The second-order valence-electron chi connectivity index (χ2n) is 3.39. The Labute approximate surface area is 97.3 Å². The zero-order chi connectivity index (χ0) is 10.8. The van der Waals surface area contributed by atoms with Gasteiger partial charge in [0.25, 0.3) is 0 Å². The van der Waals surface area contributed by atoms with Crippen LogP contribution < -0.4 is 0 Å². The zero-order valence-corrected chi connectivity index (χ0v) is 9.28. The molecule has 2 heterocycles. The van der Waals surface area contributed by atoms with Crippen LogP contribution in [0.3, 0.4) is 0 Å². The monoisotopic (exact) mass is 227 g/mol. The van der Waals surface area contributed by atoms with Crippen LogP contribution in [0.4, 0.5) is 0 Å². The molecule has 78 valence electrons. The minimum Gasteiger partial charge on any atom is -0.448 e. The molecule has 0 N–H and O–H groups in total. The van der Waals surface area contributed by atoms with E-state index in [2.05, 4.69) is 17.1 Å². The predicted octanol–water partition coefficient (Wildman–Crippen LogP) is 3.98. The van der Waals surface area contributed by atoms with Crippen LogP contribution >= 0.6 is 11.8 Å². The first-order valence-electron chi connectivity index (χ1n) is 4.98. The van der Waals surface area contributed by atoms with Crippen molar-refractivity contribution in [3.05, 3.63) is 54.9 Å². The predicted molar refractivity (Wildman–Crippen MR) is 64.6 cm³/mol. The lowest BCUT2D eigenvalue weighted by molar-refractivity contribution is 0.514. The van der Waals surface area contributed by atoms with Gasteiger partial charge in [-0.1, -0.05) is 30.0 Å². The maximum absolute atomic E-state index is 5.67. The van der Waals surface area contributed by atoms with Crippen molar-refractivity contribution in [3.63, 3.8) is 0 Å². The SMILES string of the molecule is c1ccc(Sc2cc3ccncc3o2)cc1. The Kier molecular flexibility index (Phi) is 2.38. The van der Waals surface area contributed by atoms with E-state index in [1.54, 1.807) is 24.2 Å². The van der Waals surface area contributed by atoms with Crippen LogP contribution in [0.5, 0.6) is 0 Å². The molecule has 0 aliphatic carbocycles. The van der Waals surface area contributed by atoms with Crippen LogP contribution in [-0.4, -0.2) is 4.98 Å². The fourth-order valence-electron chi connectivity index (χ4n) is 1.52. The van der Waals surface area contributed by atoms with Crippen molar-refractivity contribution < 1.29 is 4.42 Å². The Balaban J connectivity index is 1.95. The maximum Gasteiger partial charge on any atom is 0.166 e. The topological polar surface area (TPSA) is 26.0 Å². The van der Waals surface area contributed by atoms with Gasteiger partial charge >= 0.3 is 0 Å². The minimum atomic E-state index is 0.834. The average Bonchev–Trinajstić information content (AvgIpc) is 2.72. The van der Waals surface area contributed by atoms with Crippen molar-refractivity contribution in [1.82, 2.24) is 4.98 Å². The van der Waals surface area contributed by atoms with Crippen LogP contribution in [0.1, 0.15) is 0 Å². The number of furan rings is 1. The van der Waals surface area contributed by atoms with E-state index in [0.717, 1.165) is 16.1 Å². The maximum atomic E-state index is 5.67. The molecule has 0 amide bonds. The van der Waals surface area contributed by atoms with Gasteiger partial charge in [0.1, 0.15) is 0 Å². The highest BCUT2D eigenvalue weighted by atomic mass is 32.2. The first-order chi connectivity index (χ1) is 7.92. The van der Waals surface area contributed by atoms with Gasteiger partial charge < -0.3 is 4.42 Å². The lowest BCUT2D eigenvalue weighted by Gasteiger charge is -1.95. The van der Waals surface area contributed by atoms with Crippen LogP contribution in [0.15, 0.2) is 69.3 Å². The van der Waals surface area contributed by atoms with Crippen molar-refractivity contribution in [1.29, 1.82) is 0 Å². The van der Waals surface area contributed by atoms with E-state index in [4.69, 9.17) is 4.42 Å². The Morgan fingerprint density at radius 3 is 2.75 bits per heavy atom. The Morgan fingerprint density at radius 2 is 1.94 bits per heavy atom. The van der Waals surface area contributed by atoms with Crippen molar-refractivity contribution in [2.24, 2.45) is 0 Å². The van der Waals surface area contributed by atoms with E-state index in [1.165, 1.54) is 4.90 Å². The molecule has 0 atom stereocenters. The van der Waals surface area contributed by atoms with E-state index in [9.17, 15) is 0 Å². The first kappa shape index (κ1) is 9.48. The first-order valence-corrected chi connectivity index (χ1v) is 5.80. The van der Waals surface area contributed by atoms with Crippen molar-refractivity contribution >= 4 is 22.7 Å². The molecular formula is C13H9NOS. The van der Waals surface area contributed by atoms with E-state index in [1.807, 2.05) is 30.3 Å². The molecule has 2 aromatic heterocycles. The fourth-order valence-corrected chi connectivity index (χ4v) is 2.36. The van der Waals surface area contributed by atoms with Gasteiger partial charge in [-0.2, -0.15) is 0 Å². The highest BCUT2D eigenvalue weighted by Crippen LogP contribution is 2.31. The summed E-state index contributed by atoms with van der Waals surface area (Å²) in [7, 11) is 0. The highest BCUT2D eigenvalue weighted by molar-refractivity contribution is 7.99. The van der Waals surface area contributed by atoms with E-state index < -0.39 is 0 Å². The van der Waals surface area contributed by atoms with E-state index in [-0.39, 0.29) is 0 Å². The van der Waals surface area contributed by atoms with Crippen LogP contribution in [0.25, 0.3) is 11.0 Å². The molecule has 2 nitrogen and oxygen atoms in total. The summed E-state index contributed by atoms with van der Waals surface area (Å²) >= 11 is 1.62. The number of hydrogen-bond acceptors (Lipinski definition) is 3. The summed E-state index contributed by atoms with van der Waals surface area (Å²) in [4.78, 5) is 5.21. The van der Waals surface area contributed by atoms with Crippen molar-refractivity contribution in [3.8, 4) is 0 Å². The summed E-state index contributed by atoms with van der Waals surface area (Å²) in [6.45, 7) is 0. The molecule has 16 heavy (non-hydrogen) atoms. The van der Waals surface area contributed by atoms with E-state index >= 15 is 0 Å². The summed E-state index contributed by atoms with van der Waals surface area (Å²) in [6, 6.07) is 14.2. The fraction of sp³-hybridized carbons (Fsp3) is 0. The van der Waals surface area contributed by atoms with Gasteiger partial charge in [-0.15, -0.1) is 0 Å². The van der Waals surface area contributed by atoms with Gasteiger partial charge in [0.05, 0.1) is 6.20 Å². The summed E-state index contributed by atoms with van der Waals surface area (Å²) < 4.78 is 5.67. The number of pyridine rings is 1. The Morgan fingerprint density at radius 1 is 1.06 bits per heavy atom. The molecule has 3 heteroatoms. The molecule has 0 saturated carbocycles. The largest absolute Gasteiger partial charge is 0.448 e. The standard InChI is InChI=1S/C13H9NOS/c1-2-4-11(5-3-1)16-13-8-10-6-7-14-9-12(10)15-13/h1-9H. The molecule has 0 radical (unpaired) electrons. The number of fused-ring (bicyclic) bond motifs is 1. The lowest BCUT2D eigenvalue weighted by atomic mass is 10.3. The van der Waals surface area contributed by atoms with Gasteiger partial charge in [-0.3, -0.25) is 4.98 Å². The molecule has 3 rings (SSSR count). The molecule has 1 aromatic carbocycles. The van der Waals surface area contributed by atoms with Gasteiger partial charge in [-0.25, -0.2) is 0 Å². The summed E-state index contributed by atoms with van der Waals surface area (Å²) in [5.41, 5.74) is 0.834. The van der Waals surface area contributed by atoms with Crippen LogP contribution in [-0.2, 0) is 0 Å². The number of aromatic nitrogens is 1. The summed E-state index contributed by atoms with van der Waals surface area (Å²) in [5, 5.41) is 1.99. The average molecular weight is 227 g/mol. The normalized spacial score (nSPS) is 10.8. The minimum absolute atomic E-state index is 0.834. The second kappa shape index (κ2) is 4.02. The Bertz CT molecular complexity index is 570.